The lowest BCUT2D eigenvalue weighted by Gasteiger charge is -2.12. The monoisotopic (exact) mass is 393 g/mol. The molecule has 0 saturated carbocycles. The van der Waals surface area contributed by atoms with Crippen LogP contribution in [0, 0.1) is 5.21 Å². The summed E-state index contributed by atoms with van der Waals surface area (Å²) >= 11 is 6.90. The van der Waals surface area contributed by atoms with Crippen molar-refractivity contribution in [2.24, 2.45) is 0 Å². The van der Waals surface area contributed by atoms with Gasteiger partial charge < -0.3 is 5.21 Å². The number of hydroxylamine groups is 1. The molecule has 0 unspecified atom stereocenters. The maximum absolute atomic E-state index is 13.0. The molecule has 0 atom stereocenters. The largest absolute Gasteiger partial charge is 0.618 e. The third-order valence-electron chi connectivity index (χ3n) is 3.93. The second-order valence-corrected chi connectivity index (χ2v) is 10.4. The molecular formula is C17H15NO2S4. The summed E-state index contributed by atoms with van der Waals surface area (Å²) in [6.07, 6.45) is 0. The van der Waals surface area contributed by atoms with Gasteiger partial charge in [0.15, 0.2) is 5.78 Å². The van der Waals surface area contributed by atoms with Gasteiger partial charge in [-0.05, 0) is 13.0 Å². The van der Waals surface area contributed by atoms with E-state index in [1.807, 2.05) is 24.3 Å². The molecule has 0 spiro atoms. The van der Waals surface area contributed by atoms with E-state index < -0.39 is 0 Å². The van der Waals surface area contributed by atoms with Gasteiger partial charge >= 0.3 is 0 Å². The molecule has 124 valence electrons. The van der Waals surface area contributed by atoms with Crippen molar-refractivity contribution < 1.29 is 4.79 Å². The van der Waals surface area contributed by atoms with Crippen molar-refractivity contribution in [2.45, 2.75) is 6.92 Å². The average Bonchev–Trinajstić information content (AvgIpc) is 3.30. The van der Waals surface area contributed by atoms with Gasteiger partial charge in [-0.1, -0.05) is 12.1 Å². The highest BCUT2D eigenvalue weighted by atomic mass is 32.2. The van der Waals surface area contributed by atoms with E-state index in [1.165, 1.54) is 0 Å². The molecule has 1 aromatic carbocycles. The zero-order valence-corrected chi connectivity index (χ0v) is 16.3. The van der Waals surface area contributed by atoms with Crippen molar-refractivity contribution in [3.8, 4) is 0 Å². The summed E-state index contributed by atoms with van der Waals surface area (Å²) in [6, 6.07) is 7.62. The molecule has 3 heterocycles. The Morgan fingerprint density at radius 3 is 2.33 bits per heavy atom. The fraction of sp³-hybridized carbons (Fsp3) is 0.294. The predicted octanol–water partition coefficient (Wildman–Crippen LogP) is 2.77. The Kier molecular flexibility index (Phi) is 4.77. The summed E-state index contributed by atoms with van der Waals surface area (Å²) in [5, 5.41) is 14.5. The first-order valence-corrected chi connectivity index (χ1v) is 11.6. The van der Waals surface area contributed by atoms with E-state index in [2.05, 4.69) is 0 Å². The molecule has 0 N–H and O–H groups in total. The van der Waals surface area contributed by atoms with Gasteiger partial charge in [0, 0.05) is 29.1 Å². The zero-order chi connectivity index (χ0) is 16.7. The predicted molar refractivity (Wildman–Crippen MR) is 108 cm³/mol. The maximum atomic E-state index is 13.0. The Bertz CT molecular complexity index is 901. The summed E-state index contributed by atoms with van der Waals surface area (Å²) < 4.78 is 3.14. The molecule has 7 heteroatoms. The first-order valence-electron chi connectivity index (χ1n) is 7.63. The van der Waals surface area contributed by atoms with Crippen molar-refractivity contribution in [3.63, 3.8) is 0 Å². The van der Waals surface area contributed by atoms with Crippen molar-refractivity contribution >= 4 is 58.4 Å². The van der Waals surface area contributed by atoms with Gasteiger partial charge in [-0.25, -0.2) is 0 Å². The molecule has 0 aliphatic carbocycles. The normalized spacial score (nSPS) is 20.1. The van der Waals surface area contributed by atoms with E-state index in [9.17, 15) is 10.0 Å². The van der Waals surface area contributed by atoms with E-state index in [0.717, 1.165) is 52.6 Å². The molecule has 24 heavy (non-hydrogen) atoms. The molecule has 2 saturated heterocycles. The van der Waals surface area contributed by atoms with Crippen LogP contribution in [-0.2, 0) is 4.79 Å². The number of rotatable bonds is 2. The van der Waals surface area contributed by atoms with Gasteiger partial charge in [-0.2, -0.15) is 4.74 Å². The SMILES string of the molecule is CC(=O)C(=C1SCCS1)C1=c2ccccc2=[N+]([O-])C1=C1SCCS1. The standard InChI is InChI=1S/C17H15NO2S4/c1-10(19)13(16-21-6-7-22-16)14-11-4-2-3-5-12(11)18(20)15(14)17-23-8-9-24-17/h2-5H,6-9H2,1H3. The number of para-hydroxylation sites is 1. The molecule has 2 fully saturated rings. The van der Waals surface area contributed by atoms with E-state index in [1.54, 1.807) is 54.0 Å². The van der Waals surface area contributed by atoms with Gasteiger partial charge in [-0.15, -0.1) is 47.0 Å². The molecule has 3 aliphatic rings. The number of hydrogen-bond acceptors (Lipinski definition) is 6. The van der Waals surface area contributed by atoms with Crippen molar-refractivity contribution in [1.29, 1.82) is 0 Å². The third kappa shape index (κ3) is 2.75. The Morgan fingerprint density at radius 1 is 1.04 bits per heavy atom. The van der Waals surface area contributed by atoms with Crippen molar-refractivity contribution in [2.75, 3.05) is 23.0 Å². The highest BCUT2D eigenvalue weighted by Gasteiger charge is 2.35. The number of ketones is 1. The van der Waals surface area contributed by atoms with E-state index in [0.29, 0.717) is 11.1 Å². The quantitative estimate of drug-likeness (QED) is 0.437. The van der Waals surface area contributed by atoms with Crippen LogP contribution in [0.2, 0.25) is 0 Å². The highest BCUT2D eigenvalue weighted by Crippen LogP contribution is 2.46. The van der Waals surface area contributed by atoms with Gasteiger partial charge in [0.2, 0.25) is 11.1 Å². The van der Waals surface area contributed by atoms with E-state index in [4.69, 9.17) is 0 Å². The topological polar surface area (TPSA) is 43.1 Å². The lowest BCUT2D eigenvalue weighted by Crippen LogP contribution is -2.29. The Balaban J connectivity index is 2.08. The summed E-state index contributed by atoms with van der Waals surface area (Å²) in [7, 11) is 0. The summed E-state index contributed by atoms with van der Waals surface area (Å²) in [5.74, 6) is 4.09. The first kappa shape index (κ1) is 16.7. The zero-order valence-electron chi connectivity index (χ0n) is 13.0. The maximum Gasteiger partial charge on any atom is 0.246 e. The number of thioether (sulfide) groups is 4. The number of carbonyl (C=O) groups excluding carboxylic acids is 1. The van der Waals surface area contributed by atoms with E-state index in [-0.39, 0.29) is 5.78 Å². The lowest BCUT2D eigenvalue weighted by atomic mass is 10.0. The average molecular weight is 394 g/mol. The number of nitrogens with zero attached hydrogens (tertiary/aromatic N) is 1. The van der Waals surface area contributed by atoms with Crippen LogP contribution in [0.4, 0.5) is 0 Å². The number of benzene rings is 1. The van der Waals surface area contributed by atoms with Crippen LogP contribution < -0.4 is 15.3 Å². The van der Waals surface area contributed by atoms with E-state index >= 15 is 0 Å². The molecule has 0 radical (unpaired) electrons. The third-order valence-corrected chi connectivity index (χ3v) is 9.34. The minimum atomic E-state index is 0.0399. The van der Waals surface area contributed by atoms with Crippen LogP contribution in [0.1, 0.15) is 6.92 Å². The summed E-state index contributed by atoms with van der Waals surface area (Å²) in [4.78, 5) is 12.5. The second-order valence-electron chi connectivity index (χ2n) is 5.44. The Labute approximate surface area is 157 Å². The molecule has 0 amide bonds. The van der Waals surface area contributed by atoms with Gasteiger partial charge in [-0.3, -0.25) is 4.79 Å². The van der Waals surface area contributed by atoms with Crippen LogP contribution in [0.5, 0.6) is 0 Å². The molecule has 1 aromatic rings. The minimum absolute atomic E-state index is 0.0399. The minimum Gasteiger partial charge on any atom is -0.618 e. The molecular weight excluding hydrogens is 378 g/mol. The van der Waals surface area contributed by atoms with Gasteiger partial charge in [0.25, 0.3) is 0 Å². The number of allylic oxidation sites excluding steroid dienone is 1. The smallest absolute Gasteiger partial charge is 0.246 e. The lowest BCUT2D eigenvalue weighted by molar-refractivity contribution is -0.113. The van der Waals surface area contributed by atoms with Crippen LogP contribution in [0.25, 0.3) is 5.57 Å². The van der Waals surface area contributed by atoms with Crippen LogP contribution >= 0.6 is 47.0 Å². The Morgan fingerprint density at radius 2 is 1.67 bits per heavy atom. The molecule has 3 aliphatic heterocycles. The van der Waals surface area contributed by atoms with Crippen LogP contribution in [-0.4, -0.2) is 28.8 Å². The molecule has 0 bridgehead atoms. The number of carbonyl (C=O) groups is 1. The van der Waals surface area contributed by atoms with Gasteiger partial charge in [0.1, 0.15) is 4.24 Å². The summed E-state index contributed by atoms with van der Waals surface area (Å²) in [5.41, 5.74) is 2.24. The number of Topliss-reactive ketones (excluding diaryl/α,β-unsaturated/α-hetero) is 1. The van der Waals surface area contributed by atoms with Gasteiger partial charge in [0.05, 0.1) is 20.6 Å². The van der Waals surface area contributed by atoms with Crippen LogP contribution in [0.15, 0.2) is 44.0 Å². The fourth-order valence-corrected chi connectivity index (χ4v) is 8.14. The highest BCUT2D eigenvalue weighted by molar-refractivity contribution is 8.25. The van der Waals surface area contributed by atoms with Crippen LogP contribution in [0.3, 0.4) is 0 Å². The summed E-state index contributed by atoms with van der Waals surface area (Å²) in [6.45, 7) is 1.61. The fourth-order valence-electron chi connectivity index (χ4n) is 2.97. The van der Waals surface area contributed by atoms with Crippen molar-refractivity contribution in [3.05, 3.63) is 59.8 Å². The molecule has 3 nitrogen and oxygen atoms in total. The Hall–Kier alpha value is -0.760. The van der Waals surface area contributed by atoms with Crippen molar-refractivity contribution in [1.82, 2.24) is 4.74 Å². The first-order chi connectivity index (χ1) is 11.7. The number of fused-ring (bicyclic) bond motifs is 1. The molecule has 0 aromatic heterocycles. The second kappa shape index (κ2) is 6.86. The number of hydrogen-bond donors (Lipinski definition) is 0. The molecule has 4 rings (SSSR count).